The van der Waals surface area contributed by atoms with E-state index in [0.29, 0.717) is 17.7 Å². The van der Waals surface area contributed by atoms with E-state index in [-0.39, 0.29) is 10.7 Å². The van der Waals surface area contributed by atoms with Crippen molar-refractivity contribution in [1.82, 2.24) is 9.55 Å². The molecule has 0 saturated carbocycles. The number of nitrogens with zero attached hydrogens (tertiary/aromatic N) is 3. The van der Waals surface area contributed by atoms with Crippen LogP contribution in [0.25, 0.3) is 11.3 Å². The number of imidazole rings is 1. The highest BCUT2D eigenvalue weighted by Crippen LogP contribution is 2.31. The molecule has 0 aliphatic carbocycles. The van der Waals surface area contributed by atoms with Gasteiger partial charge in [0, 0.05) is 36.1 Å². The van der Waals surface area contributed by atoms with Crippen LogP contribution in [-0.4, -0.2) is 30.4 Å². The first-order chi connectivity index (χ1) is 12.0. The van der Waals surface area contributed by atoms with Gasteiger partial charge in [-0.1, -0.05) is 6.92 Å². The van der Waals surface area contributed by atoms with Gasteiger partial charge in [-0.05, 0) is 37.6 Å². The molecule has 0 N–H and O–H groups in total. The van der Waals surface area contributed by atoms with E-state index in [1.165, 1.54) is 35.0 Å². The van der Waals surface area contributed by atoms with Crippen molar-refractivity contribution in [3.63, 3.8) is 0 Å². The molecule has 140 valence electrons. The molecule has 0 atom stereocenters. The number of allylic oxidation sites excluding steroid dienone is 1. The molecule has 1 aromatic carbocycles. The maximum absolute atomic E-state index is 13.1. The molecule has 9 heteroatoms. The molecular weight excluding hydrogens is 367 g/mol. The van der Waals surface area contributed by atoms with Crippen molar-refractivity contribution in [2.75, 3.05) is 6.26 Å². The Morgan fingerprint density at radius 1 is 1.27 bits per heavy atom. The van der Waals surface area contributed by atoms with Crippen LogP contribution in [0.3, 0.4) is 0 Å². The second kappa shape index (κ2) is 7.45. The van der Waals surface area contributed by atoms with Crippen LogP contribution in [0.4, 0.5) is 13.2 Å². The molecule has 1 aromatic heterocycles. The summed E-state index contributed by atoms with van der Waals surface area (Å²) in [5.41, 5.74) is -0.230. The van der Waals surface area contributed by atoms with E-state index in [9.17, 15) is 21.6 Å². The molecule has 26 heavy (non-hydrogen) atoms. The summed E-state index contributed by atoms with van der Waals surface area (Å²) >= 11 is 0. The molecule has 2 rings (SSSR count). The van der Waals surface area contributed by atoms with Crippen molar-refractivity contribution in [2.45, 2.75) is 31.3 Å². The second-order valence-electron chi connectivity index (χ2n) is 5.64. The number of hydrogen-bond acceptors (Lipinski definition) is 4. The molecule has 0 amide bonds. The molecule has 2 aromatic rings. The highest BCUT2D eigenvalue weighted by atomic mass is 32.2. The average Bonchev–Trinajstić information content (AvgIpc) is 3.00. The fourth-order valence-corrected chi connectivity index (χ4v) is 2.80. The Kier molecular flexibility index (Phi) is 5.70. The Balaban J connectivity index is 2.57. The van der Waals surface area contributed by atoms with E-state index in [1.54, 1.807) is 13.1 Å². The molecule has 0 aliphatic heterocycles. The van der Waals surface area contributed by atoms with E-state index in [2.05, 4.69) is 9.98 Å². The Hall–Kier alpha value is -2.42. The molecule has 0 radical (unpaired) electrons. The van der Waals surface area contributed by atoms with Crippen LogP contribution < -0.4 is 0 Å². The number of sulfone groups is 1. The molecule has 1 heterocycles. The van der Waals surface area contributed by atoms with E-state index in [0.717, 1.165) is 12.5 Å². The summed E-state index contributed by atoms with van der Waals surface area (Å²) in [6.07, 6.45) is 1.10. The van der Waals surface area contributed by atoms with Gasteiger partial charge in [-0.2, -0.15) is 13.2 Å². The Labute approximate surface area is 149 Å². The Morgan fingerprint density at radius 2 is 1.88 bits per heavy atom. The first-order valence-electron chi connectivity index (χ1n) is 7.70. The van der Waals surface area contributed by atoms with E-state index in [4.69, 9.17) is 0 Å². The summed E-state index contributed by atoms with van der Waals surface area (Å²) in [4.78, 5) is 7.79. The van der Waals surface area contributed by atoms with Crippen LogP contribution in [0.5, 0.6) is 0 Å². The number of aromatic nitrogens is 2. The van der Waals surface area contributed by atoms with Crippen molar-refractivity contribution in [1.29, 1.82) is 0 Å². The van der Waals surface area contributed by atoms with Crippen LogP contribution in [0.2, 0.25) is 0 Å². The van der Waals surface area contributed by atoms with E-state index >= 15 is 0 Å². The molecular formula is C17H18F3N3O2S. The molecule has 0 fully saturated rings. The summed E-state index contributed by atoms with van der Waals surface area (Å²) < 4.78 is 63.6. The lowest BCUT2D eigenvalue weighted by Gasteiger charge is -2.08. The third-order valence-electron chi connectivity index (χ3n) is 3.45. The Morgan fingerprint density at radius 3 is 2.38 bits per heavy atom. The first kappa shape index (κ1) is 19.9. The molecule has 0 aliphatic rings. The predicted octanol–water partition coefficient (Wildman–Crippen LogP) is 4.14. The normalized spacial score (nSPS) is 13.5. The number of alkyl halides is 3. The van der Waals surface area contributed by atoms with Gasteiger partial charge >= 0.3 is 6.18 Å². The topological polar surface area (TPSA) is 64.3 Å². The lowest BCUT2D eigenvalue weighted by atomic mass is 10.2. The van der Waals surface area contributed by atoms with Gasteiger partial charge in [-0.3, -0.25) is 9.56 Å². The van der Waals surface area contributed by atoms with Crippen molar-refractivity contribution in [3.05, 3.63) is 48.2 Å². The third-order valence-corrected chi connectivity index (χ3v) is 4.58. The summed E-state index contributed by atoms with van der Waals surface area (Å²) in [6.45, 7) is 3.50. The smallest absolute Gasteiger partial charge is 0.299 e. The zero-order valence-electron chi connectivity index (χ0n) is 14.4. The van der Waals surface area contributed by atoms with Crippen LogP contribution in [0.15, 0.2) is 46.6 Å². The van der Waals surface area contributed by atoms with Gasteiger partial charge in [-0.15, -0.1) is 0 Å². The maximum atomic E-state index is 13.1. The van der Waals surface area contributed by atoms with Crippen molar-refractivity contribution in [2.24, 2.45) is 4.99 Å². The van der Waals surface area contributed by atoms with Gasteiger partial charge in [-0.25, -0.2) is 13.4 Å². The number of aliphatic imine (C=N–C) groups is 1. The maximum Gasteiger partial charge on any atom is 0.434 e. The molecule has 0 unspecified atom stereocenters. The first-order valence-corrected chi connectivity index (χ1v) is 9.59. The molecule has 0 saturated heterocycles. The standard InChI is InChI=1S/C17H18F3N3O2S/c1-4-9-21-10-12(2)16-22-15(17(18,19)20)11-23(16)13-5-7-14(8-6-13)26(3,24)25/h5-11H,4H2,1-3H3/b12-10+,21-9?. The van der Waals surface area contributed by atoms with Crippen molar-refractivity contribution < 1.29 is 21.6 Å². The number of halogens is 3. The monoisotopic (exact) mass is 385 g/mol. The van der Waals surface area contributed by atoms with Gasteiger partial charge in [0.1, 0.15) is 5.82 Å². The quantitative estimate of drug-likeness (QED) is 0.727. The summed E-state index contributed by atoms with van der Waals surface area (Å²) in [5, 5.41) is 0. The second-order valence-corrected chi connectivity index (χ2v) is 7.65. The highest BCUT2D eigenvalue weighted by molar-refractivity contribution is 7.90. The summed E-state index contributed by atoms with van der Waals surface area (Å²) in [6, 6.07) is 5.56. The Bertz CT molecular complexity index is 941. The minimum Gasteiger partial charge on any atom is -0.299 e. The zero-order valence-corrected chi connectivity index (χ0v) is 15.3. The number of benzene rings is 1. The van der Waals surface area contributed by atoms with E-state index < -0.39 is 21.7 Å². The summed E-state index contributed by atoms with van der Waals surface area (Å²) in [7, 11) is -3.40. The van der Waals surface area contributed by atoms with Gasteiger partial charge in [0.25, 0.3) is 0 Å². The SMILES string of the molecule is CCC=N/C=C(\C)c1nc(C(F)(F)F)cn1-c1ccc(S(C)(=O)=O)cc1. The molecule has 0 spiro atoms. The van der Waals surface area contributed by atoms with Gasteiger partial charge < -0.3 is 0 Å². The third kappa shape index (κ3) is 4.60. The van der Waals surface area contributed by atoms with Crippen LogP contribution in [0.1, 0.15) is 31.8 Å². The van der Waals surface area contributed by atoms with Gasteiger partial charge in [0.05, 0.1) is 4.90 Å². The minimum atomic E-state index is -4.60. The highest BCUT2D eigenvalue weighted by Gasteiger charge is 2.35. The van der Waals surface area contributed by atoms with Gasteiger partial charge in [0.2, 0.25) is 0 Å². The fourth-order valence-electron chi connectivity index (χ4n) is 2.17. The van der Waals surface area contributed by atoms with Gasteiger partial charge in [0.15, 0.2) is 15.5 Å². The minimum absolute atomic E-state index is 0.0812. The van der Waals surface area contributed by atoms with Crippen molar-refractivity contribution >= 4 is 21.6 Å². The molecule has 5 nitrogen and oxygen atoms in total. The zero-order chi connectivity index (χ0) is 19.5. The largest absolute Gasteiger partial charge is 0.434 e. The predicted molar refractivity (Wildman–Crippen MR) is 94.1 cm³/mol. The fraction of sp³-hybridized carbons (Fsp3) is 0.294. The van der Waals surface area contributed by atoms with Crippen LogP contribution in [0, 0.1) is 0 Å². The number of hydrogen-bond donors (Lipinski definition) is 0. The summed E-state index contributed by atoms with van der Waals surface area (Å²) in [5.74, 6) is 0.0812. The van der Waals surface area contributed by atoms with Crippen LogP contribution in [-0.2, 0) is 16.0 Å². The molecule has 0 bridgehead atoms. The lowest BCUT2D eigenvalue weighted by Crippen LogP contribution is -2.05. The average molecular weight is 385 g/mol. The van der Waals surface area contributed by atoms with E-state index in [1.807, 2.05) is 6.92 Å². The van der Waals surface area contributed by atoms with Crippen molar-refractivity contribution in [3.8, 4) is 5.69 Å². The lowest BCUT2D eigenvalue weighted by molar-refractivity contribution is -0.140. The number of rotatable bonds is 5. The van der Waals surface area contributed by atoms with Crippen LogP contribution >= 0.6 is 0 Å².